The number of alkyl halides is 3. The number of likely N-dealkylation sites (N-methyl/N-ethyl adjacent to an activating group) is 1. The first-order valence-corrected chi connectivity index (χ1v) is 6.56. The third kappa shape index (κ3) is 5.02. The van der Waals surface area contributed by atoms with Crippen LogP contribution in [-0.4, -0.2) is 32.5 Å². The highest BCUT2D eigenvalue weighted by Crippen LogP contribution is 2.27. The van der Waals surface area contributed by atoms with E-state index < -0.39 is 12.8 Å². The lowest BCUT2D eigenvalue weighted by Crippen LogP contribution is -2.25. The van der Waals surface area contributed by atoms with E-state index in [1.165, 1.54) is 0 Å². The quantitative estimate of drug-likeness (QED) is 0.837. The van der Waals surface area contributed by atoms with E-state index in [-0.39, 0.29) is 12.6 Å². The van der Waals surface area contributed by atoms with Gasteiger partial charge < -0.3 is 14.8 Å². The van der Waals surface area contributed by atoms with E-state index in [2.05, 4.69) is 5.32 Å². The summed E-state index contributed by atoms with van der Waals surface area (Å²) in [6.45, 7) is -1.26. The molecule has 1 unspecified atom stereocenters. The molecule has 1 aliphatic rings. The van der Waals surface area contributed by atoms with E-state index in [1.807, 2.05) is 24.3 Å². The van der Waals surface area contributed by atoms with Crippen LogP contribution in [0.5, 0.6) is 5.75 Å². The molecule has 1 aromatic carbocycles. The predicted molar refractivity (Wildman–Crippen MR) is 68.8 cm³/mol. The fourth-order valence-electron chi connectivity index (χ4n) is 1.80. The second kappa shape index (κ2) is 6.45. The molecular formula is C14H18F3NO2. The Morgan fingerprint density at radius 1 is 1.25 bits per heavy atom. The predicted octanol–water partition coefficient (Wildman–Crippen LogP) is 3.07. The van der Waals surface area contributed by atoms with Gasteiger partial charge in [0.05, 0.1) is 18.8 Å². The molecule has 0 heterocycles. The first-order valence-electron chi connectivity index (χ1n) is 6.56. The minimum Gasteiger partial charge on any atom is -0.490 e. The van der Waals surface area contributed by atoms with Crippen LogP contribution in [-0.2, 0) is 4.74 Å². The van der Waals surface area contributed by atoms with Gasteiger partial charge in [0, 0.05) is 0 Å². The Hall–Kier alpha value is -1.27. The summed E-state index contributed by atoms with van der Waals surface area (Å²) in [5, 5.41) is 2.94. The molecule has 112 valence electrons. The summed E-state index contributed by atoms with van der Waals surface area (Å²) in [6.07, 6.45) is -1.78. The molecule has 0 bridgehead atoms. The third-order valence-corrected chi connectivity index (χ3v) is 3.01. The van der Waals surface area contributed by atoms with E-state index >= 15 is 0 Å². The number of halogens is 3. The summed E-state index contributed by atoms with van der Waals surface area (Å²) < 4.78 is 46.4. The van der Waals surface area contributed by atoms with Gasteiger partial charge in [-0.15, -0.1) is 0 Å². The molecule has 0 radical (unpaired) electrons. The minimum atomic E-state index is -4.29. The zero-order chi connectivity index (χ0) is 14.6. The molecule has 0 amide bonds. The van der Waals surface area contributed by atoms with Crippen LogP contribution in [0.4, 0.5) is 13.2 Å². The fraction of sp³-hybridized carbons (Fsp3) is 0.571. The molecule has 1 aliphatic carbocycles. The van der Waals surface area contributed by atoms with Gasteiger partial charge in [0.1, 0.15) is 12.4 Å². The fourth-order valence-corrected chi connectivity index (χ4v) is 1.80. The first-order chi connectivity index (χ1) is 9.48. The zero-order valence-electron chi connectivity index (χ0n) is 11.2. The summed E-state index contributed by atoms with van der Waals surface area (Å²) in [6, 6.07) is 7.09. The van der Waals surface area contributed by atoms with Crippen molar-refractivity contribution >= 4 is 0 Å². The van der Waals surface area contributed by atoms with Gasteiger partial charge in [-0.1, -0.05) is 12.1 Å². The maximum atomic E-state index is 12.0. The van der Waals surface area contributed by atoms with Crippen molar-refractivity contribution in [3.63, 3.8) is 0 Å². The number of rotatable bonds is 7. The Bertz CT molecular complexity index is 415. The second-order valence-electron chi connectivity index (χ2n) is 4.86. The summed E-state index contributed by atoms with van der Waals surface area (Å²) in [7, 11) is 1.69. The van der Waals surface area contributed by atoms with Crippen LogP contribution in [0, 0.1) is 0 Å². The van der Waals surface area contributed by atoms with Gasteiger partial charge in [-0.25, -0.2) is 0 Å². The molecule has 0 spiro atoms. The molecule has 20 heavy (non-hydrogen) atoms. The smallest absolute Gasteiger partial charge is 0.411 e. The van der Waals surface area contributed by atoms with Crippen LogP contribution < -0.4 is 10.1 Å². The standard InChI is InChI=1S/C14H18F3NO2/c1-18-13(8-19-9-14(15,16)17)10-2-4-11(5-3-10)20-12-6-7-12/h2-5,12-13,18H,6-9H2,1H3. The van der Waals surface area contributed by atoms with E-state index in [4.69, 9.17) is 9.47 Å². The summed E-state index contributed by atoms with van der Waals surface area (Å²) in [4.78, 5) is 0. The van der Waals surface area contributed by atoms with Crippen molar-refractivity contribution in [1.82, 2.24) is 5.32 Å². The van der Waals surface area contributed by atoms with Gasteiger partial charge in [-0.2, -0.15) is 13.2 Å². The monoisotopic (exact) mass is 289 g/mol. The molecule has 0 aromatic heterocycles. The summed E-state index contributed by atoms with van der Waals surface area (Å²) in [5.41, 5.74) is 0.873. The Kier molecular flexibility index (Phi) is 4.88. The summed E-state index contributed by atoms with van der Waals surface area (Å²) >= 11 is 0. The van der Waals surface area contributed by atoms with Gasteiger partial charge >= 0.3 is 6.18 Å². The molecule has 2 rings (SSSR count). The van der Waals surface area contributed by atoms with Crippen molar-refractivity contribution in [2.24, 2.45) is 0 Å². The highest BCUT2D eigenvalue weighted by Gasteiger charge is 2.28. The van der Waals surface area contributed by atoms with Crippen LogP contribution in [0.15, 0.2) is 24.3 Å². The highest BCUT2D eigenvalue weighted by atomic mass is 19.4. The van der Waals surface area contributed by atoms with Gasteiger partial charge in [0.15, 0.2) is 0 Å². The van der Waals surface area contributed by atoms with Crippen LogP contribution in [0.25, 0.3) is 0 Å². The largest absolute Gasteiger partial charge is 0.490 e. The number of hydrogen-bond donors (Lipinski definition) is 1. The topological polar surface area (TPSA) is 30.5 Å². The normalized spacial score (nSPS) is 17.0. The van der Waals surface area contributed by atoms with Gasteiger partial charge in [0.2, 0.25) is 0 Å². The molecule has 1 N–H and O–H groups in total. The van der Waals surface area contributed by atoms with Crippen LogP contribution in [0.2, 0.25) is 0 Å². The van der Waals surface area contributed by atoms with Crippen molar-refractivity contribution in [1.29, 1.82) is 0 Å². The molecule has 0 aliphatic heterocycles. The Morgan fingerprint density at radius 2 is 1.90 bits per heavy atom. The molecule has 1 fully saturated rings. The Morgan fingerprint density at radius 3 is 2.40 bits per heavy atom. The molecule has 6 heteroatoms. The Balaban J connectivity index is 1.86. The molecule has 1 aromatic rings. The number of hydrogen-bond acceptors (Lipinski definition) is 3. The molecule has 0 saturated heterocycles. The maximum absolute atomic E-state index is 12.0. The number of benzene rings is 1. The van der Waals surface area contributed by atoms with E-state index in [1.54, 1.807) is 7.05 Å². The highest BCUT2D eigenvalue weighted by molar-refractivity contribution is 5.29. The zero-order valence-corrected chi connectivity index (χ0v) is 11.2. The van der Waals surface area contributed by atoms with E-state index in [9.17, 15) is 13.2 Å². The van der Waals surface area contributed by atoms with Crippen molar-refractivity contribution in [2.45, 2.75) is 31.2 Å². The lowest BCUT2D eigenvalue weighted by atomic mass is 10.1. The first kappa shape index (κ1) is 15.1. The molecule has 1 saturated carbocycles. The van der Waals surface area contributed by atoms with Crippen LogP contribution in [0.3, 0.4) is 0 Å². The van der Waals surface area contributed by atoms with Gasteiger partial charge in [-0.05, 0) is 37.6 Å². The van der Waals surface area contributed by atoms with Crippen molar-refractivity contribution in [3.8, 4) is 5.75 Å². The molecular weight excluding hydrogens is 271 g/mol. The lowest BCUT2D eigenvalue weighted by Gasteiger charge is -2.18. The SMILES string of the molecule is CNC(COCC(F)(F)F)c1ccc(OC2CC2)cc1. The average molecular weight is 289 g/mol. The summed E-state index contributed by atoms with van der Waals surface area (Å²) in [5.74, 6) is 0.794. The Labute approximate surface area is 116 Å². The third-order valence-electron chi connectivity index (χ3n) is 3.01. The second-order valence-corrected chi connectivity index (χ2v) is 4.86. The van der Waals surface area contributed by atoms with E-state index in [0.717, 1.165) is 24.2 Å². The maximum Gasteiger partial charge on any atom is 0.411 e. The van der Waals surface area contributed by atoms with Gasteiger partial charge in [-0.3, -0.25) is 0 Å². The van der Waals surface area contributed by atoms with E-state index in [0.29, 0.717) is 6.10 Å². The molecule has 3 nitrogen and oxygen atoms in total. The molecule has 1 atom stereocenters. The number of nitrogens with one attached hydrogen (secondary N) is 1. The minimum absolute atomic E-state index is 0.0289. The number of ether oxygens (including phenoxy) is 2. The van der Waals surface area contributed by atoms with Crippen molar-refractivity contribution < 1.29 is 22.6 Å². The van der Waals surface area contributed by atoms with Gasteiger partial charge in [0.25, 0.3) is 0 Å². The average Bonchev–Trinajstić information content (AvgIpc) is 3.19. The van der Waals surface area contributed by atoms with Crippen molar-refractivity contribution in [3.05, 3.63) is 29.8 Å². The lowest BCUT2D eigenvalue weighted by molar-refractivity contribution is -0.175. The van der Waals surface area contributed by atoms with Crippen molar-refractivity contribution in [2.75, 3.05) is 20.3 Å². The van der Waals surface area contributed by atoms with Crippen LogP contribution >= 0.6 is 0 Å². The van der Waals surface area contributed by atoms with Crippen LogP contribution in [0.1, 0.15) is 24.4 Å².